The van der Waals surface area contributed by atoms with Crippen molar-refractivity contribution in [1.29, 1.82) is 0 Å². The molecule has 0 radical (unpaired) electrons. The maximum Gasteiger partial charge on any atom is 0.262 e. The van der Waals surface area contributed by atoms with Gasteiger partial charge in [0, 0.05) is 6.04 Å². The molecule has 0 bridgehead atoms. The Labute approximate surface area is 115 Å². The number of nitrogens with zero attached hydrogens (tertiary/aromatic N) is 2. The Hall–Kier alpha value is -1.69. The summed E-state index contributed by atoms with van der Waals surface area (Å²) in [6, 6.07) is 1.87. The second kappa shape index (κ2) is 5.97. The fourth-order valence-corrected chi connectivity index (χ4v) is 2.71. The Bertz CT molecular complexity index is 632. The molecule has 2 aromatic rings. The molecule has 0 aliphatic carbocycles. The van der Waals surface area contributed by atoms with Crippen molar-refractivity contribution in [3.8, 4) is 0 Å². The minimum Gasteiger partial charge on any atom is -0.352 e. The highest BCUT2D eigenvalue weighted by molar-refractivity contribution is 7.16. The molecule has 2 aromatic heterocycles. The number of carbonyl (C=O) groups excluding carboxylic acids is 1. The summed E-state index contributed by atoms with van der Waals surface area (Å²) < 4.78 is 1.35. The molecule has 2 heterocycles. The molecule has 0 aliphatic rings. The van der Waals surface area contributed by atoms with Crippen LogP contribution in [0.25, 0.3) is 10.2 Å². The van der Waals surface area contributed by atoms with E-state index in [0.29, 0.717) is 10.2 Å². The van der Waals surface area contributed by atoms with E-state index in [1.165, 1.54) is 22.2 Å². The van der Waals surface area contributed by atoms with Gasteiger partial charge < -0.3 is 5.32 Å². The highest BCUT2D eigenvalue weighted by Crippen LogP contribution is 2.13. The lowest BCUT2D eigenvalue weighted by Crippen LogP contribution is -2.37. The second-order valence-electron chi connectivity index (χ2n) is 4.57. The highest BCUT2D eigenvalue weighted by atomic mass is 32.1. The van der Waals surface area contributed by atoms with Gasteiger partial charge in [-0.05, 0) is 24.8 Å². The molecular weight excluding hydrogens is 262 g/mol. The largest absolute Gasteiger partial charge is 0.352 e. The fraction of sp³-hybridized carbons (Fsp3) is 0.462. The third kappa shape index (κ3) is 3.20. The van der Waals surface area contributed by atoms with E-state index in [-0.39, 0.29) is 24.1 Å². The van der Waals surface area contributed by atoms with E-state index in [2.05, 4.69) is 17.2 Å². The Morgan fingerprint density at radius 1 is 1.58 bits per heavy atom. The molecular formula is C13H17N3O2S. The van der Waals surface area contributed by atoms with Crippen molar-refractivity contribution in [1.82, 2.24) is 14.9 Å². The predicted molar refractivity (Wildman–Crippen MR) is 76.4 cm³/mol. The van der Waals surface area contributed by atoms with E-state index in [1.807, 2.05) is 12.3 Å². The van der Waals surface area contributed by atoms with Crippen molar-refractivity contribution >= 4 is 27.5 Å². The second-order valence-corrected chi connectivity index (χ2v) is 5.47. The van der Waals surface area contributed by atoms with Gasteiger partial charge in [0.1, 0.15) is 11.4 Å². The summed E-state index contributed by atoms with van der Waals surface area (Å²) in [5, 5.41) is 5.27. The fourth-order valence-electron chi connectivity index (χ4n) is 1.99. The summed E-state index contributed by atoms with van der Waals surface area (Å²) in [5.74, 6) is -0.153. The standard InChI is InChI=1S/C13H17N3O2S/c1-3-4-9(2)15-11(17)7-16-8-14-12-10(13(16)18)5-6-19-12/h5-6,8-9H,3-4,7H2,1-2H3,(H,15,17)/t9-/m1/s1. The molecule has 1 N–H and O–H groups in total. The van der Waals surface area contributed by atoms with E-state index in [9.17, 15) is 9.59 Å². The Morgan fingerprint density at radius 2 is 2.37 bits per heavy atom. The maximum atomic E-state index is 12.1. The van der Waals surface area contributed by atoms with E-state index in [1.54, 1.807) is 6.07 Å². The number of aromatic nitrogens is 2. The molecule has 0 unspecified atom stereocenters. The van der Waals surface area contributed by atoms with E-state index in [4.69, 9.17) is 0 Å². The molecule has 19 heavy (non-hydrogen) atoms. The number of amides is 1. The average Bonchev–Trinajstić information content (AvgIpc) is 2.82. The highest BCUT2D eigenvalue weighted by Gasteiger charge is 2.10. The summed E-state index contributed by atoms with van der Waals surface area (Å²) >= 11 is 1.42. The molecule has 0 aliphatic heterocycles. The first kappa shape index (κ1) is 13.7. The van der Waals surface area contributed by atoms with Crippen LogP contribution in [0.5, 0.6) is 0 Å². The molecule has 2 rings (SSSR count). The van der Waals surface area contributed by atoms with Crippen LogP contribution in [-0.4, -0.2) is 21.5 Å². The first-order valence-electron chi connectivity index (χ1n) is 6.33. The van der Waals surface area contributed by atoms with Crippen LogP contribution >= 0.6 is 11.3 Å². The van der Waals surface area contributed by atoms with Gasteiger partial charge in [-0.15, -0.1) is 11.3 Å². The normalized spacial score (nSPS) is 12.5. The van der Waals surface area contributed by atoms with Crippen molar-refractivity contribution in [3.63, 3.8) is 0 Å². The van der Waals surface area contributed by atoms with Gasteiger partial charge >= 0.3 is 0 Å². The summed E-state index contributed by atoms with van der Waals surface area (Å²) in [7, 11) is 0. The van der Waals surface area contributed by atoms with Crippen LogP contribution in [0.4, 0.5) is 0 Å². The van der Waals surface area contributed by atoms with Gasteiger partial charge in [0.05, 0.1) is 11.7 Å². The Kier molecular flexibility index (Phi) is 4.31. The van der Waals surface area contributed by atoms with Crippen LogP contribution in [-0.2, 0) is 11.3 Å². The molecule has 0 aromatic carbocycles. The topological polar surface area (TPSA) is 64.0 Å². The lowest BCUT2D eigenvalue weighted by Gasteiger charge is -2.13. The minimum absolute atomic E-state index is 0.0195. The molecule has 1 amide bonds. The summed E-state index contributed by atoms with van der Waals surface area (Å²) in [4.78, 5) is 28.8. The van der Waals surface area contributed by atoms with Gasteiger partial charge in [-0.2, -0.15) is 0 Å². The zero-order valence-electron chi connectivity index (χ0n) is 11.0. The number of fused-ring (bicyclic) bond motifs is 1. The zero-order chi connectivity index (χ0) is 13.8. The number of hydrogen-bond donors (Lipinski definition) is 1. The molecule has 6 heteroatoms. The van der Waals surface area contributed by atoms with Gasteiger partial charge in [0.15, 0.2) is 0 Å². The summed E-state index contributed by atoms with van der Waals surface area (Å²) in [6.07, 6.45) is 3.39. The van der Waals surface area contributed by atoms with E-state index in [0.717, 1.165) is 12.8 Å². The Morgan fingerprint density at radius 3 is 3.11 bits per heavy atom. The van der Waals surface area contributed by atoms with E-state index >= 15 is 0 Å². The number of thiophene rings is 1. The van der Waals surface area contributed by atoms with Gasteiger partial charge in [0.2, 0.25) is 5.91 Å². The van der Waals surface area contributed by atoms with Gasteiger partial charge in [-0.25, -0.2) is 4.98 Å². The number of rotatable bonds is 5. The van der Waals surface area contributed by atoms with Gasteiger partial charge in [0.25, 0.3) is 5.56 Å². The number of nitrogens with one attached hydrogen (secondary N) is 1. The summed E-state index contributed by atoms with van der Waals surface area (Å²) in [5.41, 5.74) is -0.162. The van der Waals surface area contributed by atoms with Crippen LogP contribution in [0.15, 0.2) is 22.6 Å². The number of carbonyl (C=O) groups is 1. The van der Waals surface area contributed by atoms with Crippen molar-refractivity contribution in [2.75, 3.05) is 0 Å². The van der Waals surface area contributed by atoms with Crippen LogP contribution < -0.4 is 10.9 Å². The quantitative estimate of drug-likeness (QED) is 0.907. The minimum atomic E-state index is -0.162. The monoisotopic (exact) mass is 279 g/mol. The number of hydrogen-bond acceptors (Lipinski definition) is 4. The molecule has 1 atom stereocenters. The zero-order valence-corrected chi connectivity index (χ0v) is 11.9. The smallest absolute Gasteiger partial charge is 0.262 e. The van der Waals surface area contributed by atoms with Gasteiger partial charge in [-0.3, -0.25) is 14.2 Å². The molecule has 5 nitrogen and oxygen atoms in total. The van der Waals surface area contributed by atoms with Crippen LogP contribution in [0.2, 0.25) is 0 Å². The molecule has 102 valence electrons. The molecule has 0 spiro atoms. The third-order valence-electron chi connectivity index (χ3n) is 2.89. The first-order valence-corrected chi connectivity index (χ1v) is 7.21. The first-order chi connectivity index (χ1) is 9.11. The lowest BCUT2D eigenvalue weighted by atomic mass is 10.2. The molecule has 0 fully saturated rings. The lowest BCUT2D eigenvalue weighted by molar-refractivity contribution is -0.122. The van der Waals surface area contributed by atoms with Crippen molar-refractivity contribution in [2.45, 2.75) is 39.3 Å². The van der Waals surface area contributed by atoms with E-state index < -0.39 is 0 Å². The molecule has 0 saturated carbocycles. The van der Waals surface area contributed by atoms with Crippen molar-refractivity contribution in [2.24, 2.45) is 0 Å². The van der Waals surface area contributed by atoms with Crippen molar-refractivity contribution < 1.29 is 4.79 Å². The summed E-state index contributed by atoms with van der Waals surface area (Å²) in [6.45, 7) is 4.05. The SMILES string of the molecule is CCC[C@@H](C)NC(=O)Cn1cnc2sccc2c1=O. The van der Waals surface area contributed by atoms with Gasteiger partial charge in [-0.1, -0.05) is 13.3 Å². The maximum absolute atomic E-state index is 12.1. The van der Waals surface area contributed by atoms with Crippen molar-refractivity contribution in [3.05, 3.63) is 28.1 Å². The average molecular weight is 279 g/mol. The van der Waals surface area contributed by atoms with Crippen LogP contribution in [0.1, 0.15) is 26.7 Å². The third-order valence-corrected chi connectivity index (χ3v) is 3.71. The van der Waals surface area contributed by atoms with Crippen LogP contribution in [0, 0.1) is 0 Å². The van der Waals surface area contributed by atoms with Crippen LogP contribution in [0.3, 0.4) is 0 Å². The Balaban J connectivity index is 2.11. The predicted octanol–water partition coefficient (Wildman–Crippen LogP) is 1.76. The molecule has 0 saturated heterocycles.